The molecule has 0 aliphatic carbocycles. The third-order valence-corrected chi connectivity index (χ3v) is 2.11. The van der Waals surface area contributed by atoms with E-state index in [0.29, 0.717) is 19.1 Å². The minimum absolute atomic E-state index is 0.0480. The molecule has 3 nitrogen and oxygen atoms in total. The molecule has 0 fully saturated rings. The molecule has 0 amide bonds. The maximum absolute atomic E-state index is 11.5. The number of carbonyl (C=O) groups is 1. The molecule has 0 N–H and O–H groups in total. The van der Waals surface area contributed by atoms with Crippen LogP contribution in [-0.4, -0.2) is 26.3 Å². The first-order valence-corrected chi connectivity index (χ1v) is 5.27. The fraction of sp³-hybridized carbons (Fsp3) is 0.909. The van der Waals surface area contributed by atoms with Gasteiger partial charge in [0.15, 0.2) is 0 Å². The lowest BCUT2D eigenvalue weighted by Gasteiger charge is -2.15. The van der Waals surface area contributed by atoms with E-state index in [0.717, 1.165) is 12.8 Å². The predicted octanol–water partition coefficient (Wildman–Crippen LogP) is 2.25. The van der Waals surface area contributed by atoms with Crippen LogP contribution in [0.2, 0.25) is 0 Å². The van der Waals surface area contributed by atoms with Crippen LogP contribution in [0.3, 0.4) is 0 Å². The Kier molecular flexibility index (Phi) is 7.48. The van der Waals surface area contributed by atoms with E-state index in [-0.39, 0.29) is 11.9 Å². The highest BCUT2D eigenvalue weighted by Crippen LogP contribution is 2.16. The van der Waals surface area contributed by atoms with E-state index in [2.05, 4.69) is 13.8 Å². The third-order valence-electron chi connectivity index (χ3n) is 2.11. The highest BCUT2D eigenvalue weighted by atomic mass is 16.6. The number of ether oxygens (including phenoxy) is 2. The maximum atomic E-state index is 11.5. The van der Waals surface area contributed by atoms with Crippen molar-refractivity contribution in [2.45, 2.75) is 33.6 Å². The molecule has 0 bridgehead atoms. The Morgan fingerprint density at radius 3 is 2.36 bits per heavy atom. The molecule has 0 heterocycles. The molecule has 0 aromatic carbocycles. The summed E-state index contributed by atoms with van der Waals surface area (Å²) in [6, 6.07) is 0. The Morgan fingerprint density at radius 1 is 1.29 bits per heavy atom. The van der Waals surface area contributed by atoms with Crippen molar-refractivity contribution in [3.8, 4) is 0 Å². The lowest BCUT2D eigenvalue weighted by Crippen LogP contribution is -2.20. The Hall–Kier alpha value is -0.570. The van der Waals surface area contributed by atoms with Crippen molar-refractivity contribution in [2.24, 2.45) is 11.8 Å². The van der Waals surface area contributed by atoms with Crippen LogP contribution in [0, 0.1) is 11.8 Å². The molecule has 14 heavy (non-hydrogen) atoms. The number of hydrogen-bond acceptors (Lipinski definition) is 3. The summed E-state index contributed by atoms with van der Waals surface area (Å²) in [5, 5.41) is 0. The smallest absolute Gasteiger partial charge is 0.309 e. The zero-order chi connectivity index (χ0) is 11.0. The number of esters is 1. The van der Waals surface area contributed by atoms with E-state index in [1.165, 1.54) is 0 Å². The summed E-state index contributed by atoms with van der Waals surface area (Å²) in [5.74, 6) is 0.500. The summed E-state index contributed by atoms with van der Waals surface area (Å²) in [4.78, 5) is 11.5. The van der Waals surface area contributed by atoms with Crippen molar-refractivity contribution >= 4 is 5.97 Å². The molecule has 0 saturated carbocycles. The van der Waals surface area contributed by atoms with Gasteiger partial charge in [-0.15, -0.1) is 0 Å². The van der Waals surface area contributed by atoms with Crippen molar-refractivity contribution in [1.82, 2.24) is 0 Å². The van der Waals surface area contributed by atoms with Gasteiger partial charge in [-0.3, -0.25) is 4.79 Å². The van der Waals surface area contributed by atoms with Gasteiger partial charge in [-0.2, -0.15) is 0 Å². The van der Waals surface area contributed by atoms with Crippen molar-refractivity contribution in [2.75, 3.05) is 20.3 Å². The summed E-state index contributed by atoms with van der Waals surface area (Å²) in [6.07, 6.45) is 1.76. The van der Waals surface area contributed by atoms with Gasteiger partial charge in [0.25, 0.3) is 0 Å². The van der Waals surface area contributed by atoms with Gasteiger partial charge >= 0.3 is 5.97 Å². The lowest BCUT2D eigenvalue weighted by molar-refractivity contribution is -0.150. The maximum Gasteiger partial charge on any atom is 0.309 e. The van der Waals surface area contributed by atoms with Crippen molar-refractivity contribution in [1.29, 1.82) is 0 Å². The van der Waals surface area contributed by atoms with Gasteiger partial charge in [-0.05, 0) is 18.8 Å². The van der Waals surface area contributed by atoms with Gasteiger partial charge in [0.05, 0.1) is 12.5 Å². The molecule has 0 aromatic rings. The first-order chi connectivity index (χ1) is 6.61. The lowest BCUT2D eigenvalue weighted by atomic mass is 9.95. The van der Waals surface area contributed by atoms with E-state index in [4.69, 9.17) is 9.47 Å². The first kappa shape index (κ1) is 13.4. The molecular formula is C11H22O3. The molecule has 0 unspecified atom stereocenters. The zero-order valence-corrected chi connectivity index (χ0v) is 9.71. The molecule has 0 radical (unpaired) electrons. The highest BCUT2D eigenvalue weighted by molar-refractivity contribution is 5.72. The average molecular weight is 202 g/mol. The second-order valence-electron chi connectivity index (χ2n) is 3.90. The van der Waals surface area contributed by atoms with Crippen LogP contribution in [0.25, 0.3) is 0 Å². The van der Waals surface area contributed by atoms with Crippen LogP contribution in [0.5, 0.6) is 0 Å². The SMILES string of the molecule is CC[C@@H](CC(C)C)C(=O)OCCOC. The third kappa shape index (κ3) is 5.97. The summed E-state index contributed by atoms with van der Waals surface area (Å²) in [6.45, 7) is 7.09. The quantitative estimate of drug-likeness (QED) is 0.469. The molecule has 0 aliphatic heterocycles. The minimum atomic E-state index is -0.0850. The predicted molar refractivity (Wildman–Crippen MR) is 56.1 cm³/mol. The monoisotopic (exact) mass is 202 g/mol. The summed E-state index contributed by atoms with van der Waals surface area (Å²) < 4.78 is 9.88. The molecule has 0 saturated heterocycles. The van der Waals surface area contributed by atoms with Crippen molar-refractivity contribution < 1.29 is 14.3 Å². The van der Waals surface area contributed by atoms with Gasteiger partial charge < -0.3 is 9.47 Å². The molecule has 0 spiro atoms. The fourth-order valence-corrected chi connectivity index (χ4v) is 1.34. The Balaban J connectivity index is 3.79. The number of carbonyl (C=O) groups excluding carboxylic acids is 1. The Labute approximate surface area is 86.8 Å². The average Bonchev–Trinajstić information content (AvgIpc) is 2.14. The van der Waals surface area contributed by atoms with Crippen LogP contribution in [-0.2, 0) is 14.3 Å². The van der Waals surface area contributed by atoms with Gasteiger partial charge in [-0.1, -0.05) is 20.8 Å². The van der Waals surface area contributed by atoms with Gasteiger partial charge in [-0.25, -0.2) is 0 Å². The highest BCUT2D eigenvalue weighted by Gasteiger charge is 2.18. The molecule has 0 aliphatic rings. The molecule has 3 heteroatoms. The molecule has 0 aromatic heterocycles. The van der Waals surface area contributed by atoms with E-state index in [1.54, 1.807) is 7.11 Å². The minimum Gasteiger partial charge on any atom is -0.463 e. The normalized spacial score (nSPS) is 12.9. The van der Waals surface area contributed by atoms with Crippen LogP contribution in [0.4, 0.5) is 0 Å². The largest absolute Gasteiger partial charge is 0.463 e. The summed E-state index contributed by atoms with van der Waals surface area (Å²) in [5.41, 5.74) is 0. The van der Waals surface area contributed by atoms with Gasteiger partial charge in [0, 0.05) is 7.11 Å². The van der Waals surface area contributed by atoms with Crippen LogP contribution < -0.4 is 0 Å². The topological polar surface area (TPSA) is 35.5 Å². The number of rotatable bonds is 7. The molecule has 0 rings (SSSR count). The van der Waals surface area contributed by atoms with Gasteiger partial charge in [0.2, 0.25) is 0 Å². The van der Waals surface area contributed by atoms with Gasteiger partial charge in [0.1, 0.15) is 6.61 Å². The van der Waals surface area contributed by atoms with Crippen molar-refractivity contribution in [3.05, 3.63) is 0 Å². The Morgan fingerprint density at radius 2 is 1.93 bits per heavy atom. The molecule has 84 valence electrons. The molecule has 1 atom stereocenters. The van der Waals surface area contributed by atoms with E-state index in [1.807, 2.05) is 6.92 Å². The second-order valence-corrected chi connectivity index (χ2v) is 3.90. The van der Waals surface area contributed by atoms with Crippen LogP contribution >= 0.6 is 0 Å². The standard InChI is InChI=1S/C11H22O3/c1-5-10(8-9(2)3)11(12)14-7-6-13-4/h9-10H,5-8H2,1-4H3/t10-/m0/s1. The van der Waals surface area contributed by atoms with Crippen LogP contribution in [0.15, 0.2) is 0 Å². The number of methoxy groups -OCH3 is 1. The summed E-state index contributed by atoms with van der Waals surface area (Å²) >= 11 is 0. The van der Waals surface area contributed by atoms with E-state index < -0.39 is 0 Å². The second kappa shape index (κ2) is 7.80. The summed E-state index contributed by atoms with van der Waals surface area (Å²) in [7, 11) is 1.60. The first-order valence-electron chi connectivity index (χ1n) is 5.27. The van der Waals surface area contributed by atoms with E-state index >= 15 is 0 Å². The van der Waals surface area contributed by atoms with E-state index in [9.17, 15) is 4.79 Å². The van der Waals surface area contributed by atoms with Crippen molar-refractivity contribution in [3.63, 3.8) is 0 Å². The molecular weight excluding hydrogens is 180 g/mol. The van der Waals surface area contributed by atoms with Crippen LogP contribution in [0.1, 0.15) is 33.6 Å². The number of hydrogen-bond donors (Lipinski definition) is 0. The Bertz CT molecular complexity index is 155. The fourth-order valence-electron chi connectivity index (χ4n) is 1.34. The zero-order valence-electron chi connectivity index (χ0n) is 9.71.